The van der Waals surface area contributed by atoms with Gasteiger partial charge >= 0.3 is 0 Å². The van der Waals surface area contributed by atoms with Crippen LogP contribution >= 0.6 is 0 Å². The van der Waals surface area contributed by atoms with Crippen LogP contribution in [0.2, 0.25) is 0 Å². The molecule has 201 valence electrons. The standard InChI is InChI=1S/3C7H7.2C7H6.7Y/c5*1-7-5-3-2-4-6-7;;;;;;;/h3-6H,1H3;2-3,5-6H,1H3;2-5H,1H3;3-5H,1H3;2,5-6H,1H3;;;;;;;/q3*-1;2*-2;;;;;;;. The predicted octanol–water partition coefficient (Wildman–Crippen LogP) is 8.56. The zero-order valence-electron chi connectivity index (χ0n) is 25.4. The molecule has 7 heteroatoms. The summed E-state index contributed by atoms with van der Waals surface area (Å²) in [4.78, 5) is 0. The Hall–Kier alpha value is 3.83. The van der Waals surface area contributed by atoms with Crippen LogP contribution in [0, 0.1) is 77.1 Å². The Morgan fingerprint density at radius 1 is 0.357 bits per heavy atom. The maximum absolute atomic E-state index is 3.03. The first kappa shape index (κ1) is 61.1. The van der Waals surface area contributed by atoms with E-state index in [1.807, 2.05) is 112 Å². The van der Waals surface area contributed by atoms with Gasteiger partial charge in [-0.2, -0.15) is 108 Å². The maximum atomic E-state index is 3.03. The van der Waals surface area contributed by atoms with Crippen molar-refractivity contribution in [3.8, 4) is 0 Å². The zero-order chi connectivity index (χ0) is 25.6. The largest absolute Gasteiger partial charge is 0.359 e. The maximum Gasteiger partial charge on any atom is 0 e. The summed E-state index contributed by atoms with van der Waals surface area (Å²) in [6.07, 6.45) is 0. The van der Waals surface area contributed by atoms with E-state index in [0.717, 1.165) is 0 Å². The number of hydrogen-bond acceptors (Lipinski definition) is 0. The Morgan fingerprint density at radius 2 is 0.905 bits per heavy atom. The topological polar surface area (TPSA) is 0 Å². The fraction of sp³-hybridized carbons (Fsp3) is 0.143. The smallest absolute Gasteiger partial charge is 0 e. The summed E-state index contributed by atoms with van der Waals surface area (Å²) in [7, 11) is 0. The molecule has 0 fully saturated rings. The van der Waals surface area contributed by atoms with Gasteiger partial charge in [0.15, 0.2) is 0 Å². The molecule has 5 rings (SSSR count). The van der Waals surface area contributed by atoms with E-state index in [4.69, 9.17) is 0 Å². The Bertz CT molecular complexity index is 895. The first-order chi connectivity index (χ1) is 17.0. The summed E-state index contributed by atoms with van der Waals surface area (Å²) in [6.45, 7) is 10.2. The van der Waals surface area contributed by atoms with E-state index in [2.05, 4.69) is 62.4 Å². The van der Waals surface area contributed by atoms with E-state index in [9.17, 15) is 0 Å². The average molecular weight is 1080 g/mol. The Kier molecular flexibility index (Phi) is 65.2. The molecule has 0 N–H and O–H groups in total. The van der Waals surface area contributed by atoms with Gasteiger partial charge in [-0.3, -0.25) is 35.4 Å². The molecule has 0 aromatic heterocycles. The SMILES string of the molecule is Cc1[c-]c[c-]cc1.Cc1[c-]cccc1.Cc1c[c-]c[c-]c1.Cc1c[c-]ccc1.Cc1cc[c-]cc1.[Y].[Y].[Y].[Y].[Y].[Y].[Y]. The third-order valence-electron chi connectivity index (χ3n) is 4.21. The second-order valence-electron chi connectivity index (χ2n) is 7.69. The van der Waals surface area contributed by atoms with Crippen LogP contribution in [0.3, 0.4) is 0 Å². The molecule has 5 aromatic rings. The van der Waals surface area contributed by atoms with E-state index in [-0.39, 0.29) is 229 Å². The molecule has 0 bridgehead atoms. The average Bonchev–Trinajstić information content (AvgIpc) is 2.88. The van der Waals surface area contributed by atoms with Crippen molar-refractivity contribution < 1.29 is 229 Å². The Balaban J connectivity index is -0.0000000700. The summed E-state index contributed by atoms with van der Waals surface area (Å²) < 4.78 is 0. The van der Waals surface area contributed by atoms with Gasteiger partial charge in [0.2, 0.25) is 0 Å². The molecule has 0 aliphatic heterocycles. The molecule has 0 atom stereocenters. The molecule has 0 amide bonds. The fourth-order valence-electron chi connectivity index (χ4n) is 2.30. The monoisotopic (exact) mass is 1080 g/mol. The molecule has 0 saturated heterocycles. The van der Waals surface area contributed by atoms with Crippen molar-refractivity contribution in [2.24, 2.45) is 0 Å². The molecule has 0 unspecified atom stereocenters. The van der Waals surface area contributed by atoms with Crippen LogP contribution in [0.5, 0.6) is 0 Å². The van der Waals surface area contributed by atoms with Crippen molar-refractivity contribution in [3.63, 3.8) is 0 Å². The Labute approximate surface area is 433 Å². The van der Waals surface area contributed by atoms with Crippen LogP contribution in [0.4, 0.5) is 0 Å². The van der Waals surface area contributed by atoms with Gasteiger partial charge in [0, 0.05) is 229 Å². The number of hydrogen-bond donors (Lipinski definition) is 0. The summed E-state index contributed by atoms with van der Waals surface area (Å²) in [5.41, 5.74) is 6.13. The molecule has 0 saturated carbocycles. The summed E-state index contributed by atoms with van der Waals surface area (Å²) >= 11 is 0. The third kappa shape index (κ3) is 41.9. The third-order valence-corrected chi connectivity index (χ3v) is 4.21. The molecule has 0 aliphatic rings. The first-order valence-corrected chi connectivity index (χ1v) is 11.4. The number of benzene rings is 5. The molecule has 0 heterocycles. The number of rotatable bonds is 0. The van der Waals surface area contributed by atoms with E-state index in [1.54, 1.807) is 12.1 Å². The van der Waals surface area contributed by atoms with Gasteiger partial charge in [0.25, 0.3) is 0 Å². The molecule has 42 heavy (non-hydrogen) atoms. The van der Waals surface area contributed by atoms with Gasteiger partial charge in [0.1, 0.15) is 0 Å². The molecule has 7 radical (unpaired) electrons. The van der Waals surface area contributed by atoms with E-state index in [0.29, 0.717) is 0 Å². The van der Waals surface area contributed by atoms with Crippen LogP contribution in [0.25, 0.3) is 0 Å². The predicted molar refractivity (Wildman–Crippen MR) is 148 cm³/mol. The Morgan fingerprint density at radius 3 is 1.14 bits per heavy atom. The van der Waals surface area contributed by atoms with Crippen molar-refractivity contribution in [2.75, 3.05) is 0 Å². The minimum absolute atomic E-state index is 0. The van der Waals surface area contributed by atoms with Gasteiger partial charge in [-0.15, -0.1) is 6.92 Å². The molecule has 0 spiro atoms. The fourth-order valence-corrected chi connectivity index (χ4v) is 2.30. The molecule has 5 aromatic carbocycles. The second-order valence-corrected chi connectivity index (χ2v) is 7.69. The number of aryl methyl sites for hydroxylation is 5. The van der Waals surface area contributed by atoms with Crippen LogP contribution in [0.1, 0.15) is 27.8 Å². The quantitative estimate of drug-likeness (QED) is 0.137. The normalized spacial score (nSPS) is 7.26. The summed E-state index contributed by atoms with van der Waals surface area (Å²) in [6, 6.07) is 55.5. The molecular weight excluding hydrogens is 1040 g/mol. The van der Waals surface area contributed by atoms with Gasteiger partial charge < -0.3 is 36.4 Å². The van der Waals surface area contributed by atoms with Crippen molar-refractivity contribution in [2.45, 2.75) is 34.6 Å². The van der Waals surface area contributed by atoms with Crippen molar-refractivity contribution in [1.82, 2.24) is 0 Å². The first-order valence-electron chi connectivity index (χ1n) is 11.4. The van der Waals surface area contributed by atoms with Crippen LogP contribution < -0.4 is 0 Å². The minimum atomic E-state index is 0. The van der Waals surface area contributed by atoms with E-state index in [1.165, 1.54) is 27.8 Å². The van der Waals surface area contributed by atoms with E-state index < -0.39 is 0 Å². The summed E-state index contributed by atoms with van der Waals surface area (Å²) in [5, 5.41) is 0. The van der Waals surface area contributed by atoms with E-state index >= 15 is 0 Å². The van der Waals surface area contributed by atoms with Gasteiger partial charge in [-0.1, -0.05) is 27.7 Å². The molecular formula is C35H33Y7-7. The molecule has 0 nitrogen and oxygen atoms in total. The zero-order valence-corrected chi connectivity index (χ0v) is 45.3. The van der Waals surface area contributed by atoms with Crippen LogP contribution in [-0.2, 0) is 229 Å². The van der Waals surface area contributed by atoms with Gasteiger partial charge in [0.05, 0.1) is 0 Å². The molecule has 0 aliphatic carbocycles. The summed E-state index contributed by atoms with van der Waals surface area (Å²) in [5.74, 6) is 0. The van der Waals surface area contributed by atoms with Crippen molar-refractivity contribution in [1.29, 1.82) is 0 Å². The minimum Gasteiger partial charge on any atom is -0.359 e. The second kappa shape index (κ2) is 44.8. The van der Waals surface area contributed by atoms with Gasteiger partial charge in [-0.05, 0) is 0 Å². The van der Waals surface area contributed by atoms with Crippen LogP contribution in [-0.4, -0.2) is 0 Å². The van der Waals surface area contributed by atoms with Crippen molar-refractivity contribution >= 4 is 0 Å². The van der Waals surface area contributed by atoms with Gasteiger partial charge in [-0.25, -0.2) is 0 Å². The van der Waals surface area contributed by atoms with Crippen LogP contribution in [0.15, 0.2) is 109 Å². The van der Waals surface area contributed by atoms with Crippen molar-refractivity contribution in [3.05, 3.63) is 179 Å².